The van der Waals surface area contributed by atoms with Gasteiger partial charge in [0.15, 0.2) is 17.3 Å². The van der Waals surface area contributed by atoms with Crippen molar-refractivity contribution in [3.8, 4) is 17.2 Å². The summed E-state index contributed by atoms with van der Waals surface area (Å²) in [6.07, 6.45) is 0. The summed E-state index contributed by atoms with van der Waals surface area (Å²) in [5, 5.41) is 1.90. The van der Waals surface area contributed by atoms with Crippen LogP contribution in [0, 0.1) is 0 Å². The molecule has 28 heavy (non-hydrogen) atoms. The summed E-state index contributed by atoms with van der Waals surface area (Å²) >= 11 is 1.46. The number of hydrogen-bond acceptors (Lipinski definition) is 7. The Morgan fingerprint density at radius 3 is 2.14 bits per heavy atom. The predicted molar refractivity (Wildman–Crippen MR) is 107 cm³/mol. The highest BCUT2D eigenvalue weighted by Gasteiger charge is 2.25. The van der Waals surface area contributed by atoms with Gasteiger partial charge in [-0.2, -0.15) is 0 Å². The number of ketones is 1. The number of ether oxygens (including phenoxy) is 3. The van der Waals surface area contributed by atoms with Crippen LogP contribution in [0.25, 0.3) is 0 Å². The van der Waals surface area contributed by atoms with Crippen LogP contribution in [0.5, 0.6) is 17.2 Å². The zero-order valence-corrected chi connectivity index (χ0v) is 17.1. The smallest absolute Gasteiger partial charge is 0.254 e. The van der Waals surface area contributed by atoms with Crippen molar-refractivity contribution >= 4 is 23.0 Å². The van der Waals surface area contributed by atoms with Crippen molar-refractivity contribution in [2.24, 2.45) is 0 Å². The molecule has 0 spiro atoms. The van der Waals surface area contributed by atoms with Gasteiger partial charge in [0.05, 0.1) is 32.8 Å². The Hall–Kier alpha value is -2.58. The Morgan fingerprint density at radius 1 is 1.00 bits per heavy atom. The number of amides is 1. The molecular weight excluding hydrogens is 380 g/mol. The molecule has 0 bridgehead atoms. The SMILES string of the molecule is COc1cc(C(=O)N2CCN(CC(=O)c3cccs3)CC2)cc(OC)c1OC. The first-order valence-corrected chi connectivity index (χ1v) is 9.83. The Bertz CT molecular complexity index is 804. The van der Waals surface area contributed by atoms with Gasteiger partial charge >= 0.3 is 0 Å². The van der Waals surface area contributed by atoms with E-state index < -0.39 is 0 Å². The summed E-state index contributed by atoms with van der Waals surface area (Å²) in [5.41, 5.74) is 0.484. The van der Waals surface area contributed by atoms with Crippen molar-refractivity contribution < 1.29 is 23.8 Å². The molecule has 1 saturated heterocycles. The molecule has 150 valence electrons. The second kappa shape index (κ2) is 9.07. The topological polar surface area (TPSA) is 68.3 Å². The number of rotatable bonds is 7. The van der Waals surface area contributed by atoms with E-state index in [1.54, 1.807) is 17.0 Å². The molecular formula is C20H24N2O5S. The zero-order chi connectivity index (χ0) is 20.1. The Labute approximate surface area is 168 Å². The minimum absolute atomic E-state index is 0.0940. The van der Waals surface area contributed by atoms with Gasteiger partial charge < -0.3 is 19.1 Å². The maximum Gasteiger partial charge on any atom is 0.254 e. The molecule has 1 fully saturated rings. The van der Waals surface area contributed by atoms with Crippen LogP contribution in [0.1, 0.15) is 20.0 Å². The molecule has 0 atom stereocenters. The van der Waals surface area contributed by atoms with Crippen LogP contribution in [0.2, 0.25) is 0 Å². The third-order valence-electron chi connectivity index (χ3n) is 4.73. The van der Waals surface area contributed by atoms with E-state index >= 15 is 0 Å². The van der Waals surface area contributed by atoms with E-state index in [1.807, 2.05) is 17.5 Å². The van der Waals surface area contributed by atoms with Gasteiger partial charge in [-0.15, -0.1) is 11.3 Å². The Morgan fingerprint density at radius 2 is 1.64 bits per heavy atom. The number of Topliss-reactive ketones (excluding diaryl/α,β-unsaturated/α-hetero) is 1. The summed E-state index contributed by atoms with van der Waals surface area (Å²) in [6.45, 7) is 2.83. The predicted octanol–water partition coefficient (Wildman–Crippen LogP) is 2.41. The van der Waals surface area contributed by atoms with Gasteiger partial charge in [-0.25, -0.2) is 0 Å². The third kappa shape index (κ3) is 4.28. The van der Waals surface area contributed by atoms with Gasteiger partial charge in [-0.05, 0) is 23.6 Å². The summed E-state index contributed by atoms with van der Waals surface area (Å²) in [6, 6.07) is 7.05. The van der Waals surface area contributed by atoms with E-state index in [4.69, 9.17) is 14.2 Å². The van der Waals surface area contributed by atoms with Crippen LogP contribution >= 0.6 is 11.3 Å². The lowest BCUT2D eigenvalue weighted by Crippen LogP contribution is -2.49. The van der Waals surface area contributed by atoms with Gasteiger partial charge in [-0.1, -0.05) is 6.07 Å². The number of benzene rings is 1. The van der Waals surface area contributed by atoms with Crippen molar-refractivity contribution in [2.75, 3.05) is 54.1 Å². The van der Waals surface area contributed by atoms with E-state index in [0.29, 0.717) is 55.5 Å². The van der Waals surface area contributed by atoms with E-state index in [0.717, 1.165) is 4.88 Å². The van der Waals surface area contributed by atoms with E-state index in [2.05, 4.69) is 4.90 Å². The molecule has 3 rings (SSSR count). The molecule has 1 aliphatic rings. The first-order chi connectivity index (χ1) is 13.6. The average molecular weight is 404 g/mol. The molecule has 0 N–H and O–H groups in total. The highest BCUT2D eigenvalue weighted by molar-refractivity contribution is 7.12. The first-order valence-electron chi connectivity index (χ1n) is 8.95. The van der Waals surface area contributed by atoms with E-state index in [1.165, 1.54) is 32.7 Å². The van der Waals surface area contributed by atoms with E-state index in [-0.39, 0.29) is 11.7 Å². The number of hydrogen-bond donors (Lipinski definition) is 0. The summed E-state index contributed by atoms with van der Waals surface area (Å²) in [5.74, 6) is 1.39. The number of carbonyl (C=O) groups excluding carboxylic acids is 2. The molecule has 0 saturated carbocycles. The quantitative estimate of drug-likeness (QED) is 0.660. The van der Waals surface area contributed by atoms with Crippen molar-refractivity contribution in [1.29, 1.82) is 0 Å². The van der Waals surface area contributed by atoms with Gasteiger partial charge in [-0.3, -0.25) is 14.5 Å². The average Bonchev–Trinajstić information content (AvgIpc) is 3.27. The minimum atomic E-state index is -0.0940. The molecule has 2 aromatic rings. The second-order valence-electron chi connectivity index (χ2n) is 6.38. The van der Waals surface area contributed by atoms with Crippen LogP contribution in [0.15, 0.2) is 29.6 Å². The van der Waals surface area contributed by atoms with Crippen LogP contribution in [0.3, 0.4) is 0 Å². The molecule has 7 nitrogen and oxygen atoms in total. The maximum absolute atomic E-state index is 12.9. The standard InChI is InChI=1S/C20H24N2O5S/c1-25-16-11-14(12-17(26-2)19(16)27-3)20(24)22-8-6-21(7-9-22)13-15(23)18-5-4-10-28-18/h4-5,10-12H,6-9,13H2,1-3H3. The molecule has 1 aromatic carbocycles. The largest absolute Gasteiger partial charge is 0.493 e. The lowest BCUT2D eigenvalue weighted by atomic mass is 10.1. The third-order valence-corrected chi connectivity index (χ3v) is 5.65. The Balaban J connectivity index is 1.64. The van der Waals surface area contributed by atoms with Crippen molar-refractivity contribution in [3.63, 3.8) is 0 Å². The summed E-state index contributed by atoms with van der Waals surface area (Å²) < 4.78 is 16.0. The number of thiophene rings is 1. The molecule has 8 heteroatoms. The second-order valence-corrected chi connectivity index (χ2v) is 7.33. The monoisotopic (exact) mass is 404 g/mol. The molecule has 1 aromatic heterocycles. The zero-order valence-electron chi connectivity index (χ0n) is 16.3. The fourth-order valence-corrected chi connectivity index (χ4v) is 3.87. The van der Waals surface area contributed by atoms with Gasteiger partial charge in [0, 0.05) is 31.7 Å². The highest BCUT2D eigenvalue weighted by atomic mass is 32.1. The molecule has 2 heterocycles. The normalized spacial score (nSPS) is 14.6. The Kier molecular flexibility index (Phi) is 6.53. The summed E-state index contributed by atoms with van der Waals surface area (Å²) in [7, 11) is 4.57. The highest BCUT2D eigenvalue weighted by Crippen LogP contribution is 2.38. The van der Waals surface area contributed by atoms with Crippen molar-refractivity contribution in [3.05, 3.63) is 40.1 Å². The van der Waals surface area contributed by atoms with Crippen LogP contribution in [-0.4, -0.2) is 75.5 Å². The molecule has 1 amide bonds. The number of methoxy groups -OCH3 is 3. The van der Waals surface area contributed by atoms with Crippen molar-refractivity contribution in [1.82, 2.24) is 9.80 Å². The molecule has 0 unspecified atom stereocenters. The van der Waals surface area contributed by atoms with Crippen LogP contribution in [0.4, 0.5) is 0 Å². The molecule has 0 aliphatic carbocycles. The number of nitrogens with zero attached hydrogens (tertiary/aromatic N) is 2. The first kappa shape index (κ1) is 20.2. The van der Waals surface area contributed by atoms with E-state index in [9.17, 15) is 9.59 Å². The van der Waals surface area contributed by atoms with Crippen LogP contribution in [-0.2, 0) is 0 Å². The molecule has 0 radical (unpaired) electrons. The lowest BCUT2D eigenvalue weighted by molar-refractivity contribution is 0.0624. The van der Waals surface area contributed by atoms with Gasteiger partial charge in [0.1, 0.15) is 0 Å². The van der Waals surface area contributed by atoms with Crippen LogP contribution < -0.4 is 14.2 Å². The summed E-state index contributed by atoms with van der Waals surface area (Å²) in [4.78, 5) is 29.8. The fraction of sp³-hybridized carbons (Fsp3) is 0.400. The minimum Gasteiger partial charge on any atom is -0.493 e. The van der Waals surface area contributed by atoms with Crippen molar-refractivity contribution in [2.45, 2.75) is 0 Å². The number of piperazine rings is 1. The molecule has 1 aliphatic heterocycles. The van der Waals surface area contributed by atoms with Gasteiger partial charge in [0.2, 0.25) is 5.75 Å². The fourth-order valence-electron chi connectivity index (χ4n) is 3.21. The lowest BCUT2D eigenvalue weighted by Gasteiger charge is -2.34. The van der Waals surface area contributed by atoms with Gasteiger partial charge in [0.25, 0.3) is 5.91 Å². The number of carbonyl (C=O) groups is 2. The maximum atomic E-state index is 12.9.